The SMILES string of the molecule is CCOC(=O)C1=C(C)N=C2C[C@@H](c3ccccc3OC)[C@H](C(=O)OCC)C(=O)C2[C@@H]1c1ccc(F)cc1. The summed E-state index contributed by atoms with van der Waals surface area (Å²) in [5.41, 5.74) is 2.48. The van der Waals surface area contributed by atoms with E-state index in [4.69, 9.17) is 19.2 Å². The molecule has 0 N–H and O–H groups in total. The minimum absolute atomic E-state index is 0.112. The number of rotatable bonds is 7. The molecule has 7 nitrogen and oxygen atoms in total. The number of esters is 2. The number of nitrogens with zero attached hydrogens (tertiary/aromatic N) is 1. The number of fused-ring (bicyclic) bond motifs is 1. The Balaban J connectivity index is 1.91. The Morgan fingerprint density at radius 1 is 1.00 bits per heavy atom. The average molecular weight is 508 g/mol. The van der Waals surface area contributed by atoms with Crippen molar-refractivity contribution in [3.05, 3.63) is 76.7 Å². The second kappa shape index (κ2) is 11.1. The van der Waals surface area contributed by atoms with E-state index in [0.29, 0.717) is 28.3 Å². The molecule has 0 aromatic heterocycles. The van der Waals surface area contributed by atoms with E-state index in [9.17, 15) is 18.8 Å². The number of allylic oxidation sites excluding steroid dienone is 1. The number of carbonyl (C=O) groups is 3. The molecule has 1 aliphatic carbocycles. The second-order valence-corrected chi connectivity index (χ2v) is 9.01. The van der Waals surface area contributed by atoms with E-state index in [1.54, 1.807) is 39.0 Å². The lowest BCUT2D eigenvalue weighted by Gasteiger charge is -2.41. The second-order valence-electron chi connectivity index (χ2n) is 9.01. The molecule has 194 valence electrons. The first-order valence-corrected chi connectivity index (χ1v) is 12.4. The van der Waals surface area contributed by atoms with Gasteiger partial charge in [0.1, 0.15) is 17.5 Å². The maximum Gasteiger partial charge on any atom is 0.336 e. The van der Waals surface area contributed by atoms with Crippen LogP contribution in [0.15, 0.2) is 64.8 Å². The number of hydrogen-bond donors (Lipinski definition) is 0. The summed E-state index contributed by atoms with van der Waals surface area (Å²) in [4.78, 5) is 45.3. The summed E-state index contributed by atoms with van der Waals surface area (Å²) >= 11 is 0. The number of benzene rings is 2. The van der Waals surface area contributed by atoms with Crippen LogP contribution in [0.3, 0.4) is 0 Å². The van der Waals surface area contributed by atoms with Gasteiger partial charge in [-0.1, -0.05) is 30.3 Å². The van der Waals surface area contributed by atoms with Crippen molar-refractivity contribution in [3.8, 4) is 5.75 Å². The Hall–Kier alpha value is -3.81. The number of hydrogen-bond acceptors (Lipinski definition) is 7. The Kier molecular flexibility index (Phi) is 7.86. The van der Waals surface area contributed by atoms with E-state index in [1.807, 2.05) is 18.2 Å². The lowest BCUT2D eigenvalue weighted by Crippen LogP contribution is -2.48. The molecule has 0 saturated heterocycles. The van der Waals surface area contributed by atoms with E-state index in [-0.39, 0.29) is 25.2 Å². The molecule has 4 atom stereocenters. The molecule has 2 aliphatic rings. The number of para-hydroxylation sites is 1. The third kappa shape index (κ3) is 4.92. The van der Waals surface area contributed by atoms with Crippen molar-refractivity contribution >= 4 is 23.4 Å². The van der Waals surface area contributed by atoms with Crippen molar-refractivity contribution in [2.75, 3.05) is 20.3 Å². The molecule has 1 unspecified atom stereocenters. The van der Waals surface area contributed by atoms with Crippen LogP contribution in [0.1, 0.15) is 50.2 Å². The van der Waals surface area contributed by atoms with Crippen molar-refractivity contribution in [1.29, 1.82) is 0 Å². The van der Waals surface area contributed by atoms with Gasteiger partial charge in [0.05, 0.1) is 31.8 Å². The minimum atomic E-state index is -1.13. The van der Waals surface area contributed by atoms with Gasteiger partial charge < -0.3 is 14.2 Å². The minimum Gasteiger partial charge on any atom is -0.496 e. The highest BCUT2D eigenvalue weighted by Gasteiger charge is 2.53. The lowest BCUT2D eigenvalue weighted by atomic mass is 9.62. The summed E-state index contributed by atoms with van der Waals surface area (Å²) in [6.45, 7) is 5.33. The monoisotopic (exact) mass is 507 g/mol. The van der Waals surface area contributed by atoms with Gasteiger partial charge in [-0.05, 0) is 56.5 Å². The fraction of sp³-hybridized carbons (Fsp3) is 0.379. The van der Waals surface area contributed by atoms with Gasteiger partial charge in [0.25, 0.3) is 0 Å². The summed E-state index contributed by atoms with van der Waals surface area (Å²) in [6.07, 6.45) is 0.283. The predicted molar refractivity (Wildman–Crippen MR) is 135 cm³/mol. The molecule has 0 radical (unpaired) electrons. The standard InChI is InChI=1S/C29H30FNO6/c1-5-36-28(33)23-16(3)31-21-15-20(19-9-7-8-10-22(19)35-4)25(29(34)37-6-2)27(32)26(21)24(23)17-11-13-18(30)14-12-17/h7-14,20,24-26H,5-6,15H2,1-4H3/t20-,24+,25-,26?/m0/s1. The molecule has 1 aliphatic heterocycles. The number of ether oxygens (including phenoxy) is 3. The predicted octanol–water partition coefficient (Wildman–Crippen LogP) is 4.76. The summed E-state index contributed by atoms with van der Waals surface area (Å²) < 4.78 is 30.0. The zero-order chi connectivity index (χ0) is 26.7. The van der Waals surface area contributed by atoms with E-state index in [1.165, 1.54) is 19.2 Å². The molecule has 1 saturated carbocycles. The van der Waals surface area contributed by atoms with Crippen LogP contribution >= 0.6 is 0 Å². The van der Waals surface area contributed by atoms with Gasteiger partial charge in [0.15, 0.2) is 5.78 Å². The van der Waals surface area contributed by atoms with E-state index in [0.717, 1.165) is 0 Å². The van der Waals surface area contributed by atoms with E-state index in [2.05, 4.69) is 0 Å². The first kappa shape index (κ1) is 26.3. The molecule has 1 heterocycles. The molecule has 37 heavy (non-hydrogen) atoms. The Labute approximate surface area is 215 Å². The van der Waals surface area contributed by atoms with Gasteiger partial charge in [-0.2, -0.15) is 0 Å². The maximum absolute atomic E-state index is 14.3. The van der Waals surface area contributed by atoms with E-state index < -0.39 is 47.2 Å². The summed E-state index contributed by atoms with van der Waals surface area (Å²) in [7, 11) is 1.53. The van der Waals surface area contributed by atoms with Crippen molar-refractivity contribution in [1.82, 2.24) is 0 Å². The van der Waals surface area contributed by atoms with Crippen LogP contribution in [0.4, 0.5) is 4.39 Å². The molecular formula is C29H30FNO6. The quantitative estimate of drug-likeness (QED) is 0.396. The van der Waals surface area contributed by atoms with E-state index >= 15 is 0 Å². The molecule has 0 bridgehead atoms. The van der Waals surface area contributed by atoms with Crippen LogP contribution in [0.5, 0.6) is 5.75 Å². The largest absolute Gasteiger partial charge is 0.496 e. The molecule has 4 rings (SSSR count). The van der Waals surface area contributed by atoms with Crippen LogP contribution in [-0.4, -0.2) is 43.8 Å². The maximum atomic E-state index is 14.3. The number of ketones is 1. The van der Waals surface area contributed by atoms with Crippen LogP contribution < -0.4 is 4.74 Å². The highest BCUT2D eigenvalue weighted by atomic mass is 19.1. The Bertz CT molecular complexity index is 1270. The molecule has 0 amide bonds. The zero-order valence-electron chi connectivity index (χ0n) is 21.3. The van der Waals surface area contributed by atoms with Gasteiger partial charge in [-0.15, -0.1) is 0 Å². The summed E-state index contributed by atoms with van der Waals surface area (Å²) in [5.74, 6) is -4.91. The van der Waals surface area contributed by atoms with Crippen LogP contribution in [0.25, 0.3) is 0 Å². The summed E-state index contributed by atoms with van der Waals surface area (Å²) in [5, 5.41) is 0. The molecule has 2 aromatic rings. The highest BCUT2D eigenvalue weighted by molar-refractivity contribution is 6.18. The fourth-order valence-corrected chi connectivity index (χ4v) is 5.45. The zero-order valence-corrected chi connectivity index (χ0v) is 21.3. The van der Waals surface area contributed by atoms with Crippen LogP contribution in [0, 0.1) is 17.7 Å². The smallest absolute Gasteiger partial charge is 0.336 e. The molecule has 0 spiro atoms. The number of carbonyl (C=O) groups excluding carboxylic acids is 3. The number of Topliss-reactive ketones (excluding diaryl/α,β-unsaturated/α-hetero) is 1. The van der Waals surface area contributed by atoms with Gasteiger partial charge in [0, 0.05) is 23.2 Å². The first-order valence-electron chi connectivity index (χ1n) is 12.4. The molecular weight excluding hydrogens is 477 g/mol. The summed E-state index contributed by atoms with van der Waals surface area (Å²) in [6, 6.07) is 12.9. The van der Waals surface area contributed by atoms with Gasteiger partial charge in [0.2, 0.25) is 0 Å². The van der Waals surface area contributed by atoms with Crippen LogP contribution in [0.2, 0.25) is 0 Å². The lowest BCUT2D eigenvalue weighted by molar-refractivity contribution is -0.153. The van der Waals surface area contributed by atoms with Crippen molar-refractivity contribution in [3.63, 3.8) is 0 Å². The van der Waals surface area contributed by atoms with Gasteiger partial charge >= 0.3 is 11.9 Å². The average Bonchev–Trinajstić information content (AvgIpc) is 2.88. The number of aliphatic imine (C=N–C) groups is 1. The Morgan fingerprint density at radius 2 is 1.68 bits per heavy atom. The Morgan fingerprint density at radius 3 is 2.32 bits per heavy atom. The van der Waals surface area contributed by atoms with Crippen molar-refractivity contribution in [2.24, 2.45) is 16.8 Å². The number of methoxy groups -OCH3 is 1. The topological polar surface area (TPSA) is 91.3 Å². The molecule has 1 fully saturated rings. The van der Waals surface area contributed by atoms with Gasteiger partial charge in [-0.3, -0.25) is 14.6 Å². The fourth-order valence-electron chi connectivity index (χ4n) is 5.45. The molecule has 8 heteroatoms. The number of halogens is 1. The third-order valence-electron chi connectivity index (χ3n) is 6.95. The normalized spacial score (nSPS) is 23.2. The highest BCUT2D eigenvalue weighted by Crippen LogP contribution is 2.49. The van der Waals surface area contributed by atoms with Crippen LogP contribution in [-0.2, 0) is 23.9 Å². The first-order chi connectivity index (χ1) is 17.8. The third-order valence-corrected chi connectivity index (χ3v) is 6.95. The van der Waals surface area contributed by atoms with Gasteiger partial charge in [-0.25, -0.2) is 9.18 Å². The molecule has 2 aromatic carbocycles. The van der Waals surface area contributed by atoms with Crippen molar-refractivity contribution < 1.29 is 33.0 Å². The van der Waals surface area contributed by atoms with Crippen molar-refractivity contribution in [2.45, 2.75) is 39.0 Å².